The van der Waals surface area contributed by atoms with Crippen molar-refractivity contribution in [2.45, 2.75) is 19.1 Å². The van der Waals surface area contributed by atoms with E-state index in [0.29, 0.717) is 0 Å². The normalized spacial score (nSPS) is 15.9. The standard InChI is InChI=1S/C5H12N2O3/c1-3(4(8)2-6)10-5(7)9/h3-4,8H,2,6H2,1H3,(H2,7,9). The summed E-state index contributed by atoms with van der Waals surface area (Å²) in [5.41, 5.74) is 9.74. The summed E-state index contributed by atoms with van der Waals surface area (Å²) in [7, 11) is 0. The molecule has 5 heteroatoms. The molecule has 0 aromatic carbocycles. The van der Waals surface area contributed by atoms with Crippen LogP contribution in [0.5, 0.6) is 0 Å². The molecule has 0 aliphatic heterocycles. The quantitative estimate of drug-likeness (QED) is 0.467. The van der Waals surface area contributed by atoms with Gasteiger partial charge < -0.3 is 21.3 Å². The number of aliphatic hydroxyl groups is 1. The van der Waals surface area contributed by atoms with Crippen molar-refractivity contribution in [1.82, 2.24) is 0 Å². The Kier molecular flexibility index (Phi) is 3.75. The summed E-state index contributed by atoms with van der Waals surface area (Å²) in [6, 6.07) is 0. The number of amides is 1. The van der Waals surface area contributed by atoms with Crippen LogP contribution in [-0.2, 0) is 4.74 Å². The number of hydrogen-bond acceptors (Lipinski definition) is 4. The van der Waals surface area contributed by atoms with Gasteiger partial charge in [0.1, 0.15) is 12.2 Å². The Hall–Kier alpha value is -0.810. The van der Waals surface area contributed by atoms with Crippen LogP contribution in [0.2, 0.25) is 0 Å². The van der Waals surface area contributed by atoms with Gasteiger partial charge in [-0.15, -0.1) is 0 Å². The second-order valence-electron chi connectivity index (χ2n) is 1.95. The maximum absolute atomic E-state index is 10.1. The fourth-order valence-electron chi connectivity index (χ4n) is 0.453. The van der Waals surface area contributed by atoms with Gasteiger partial charge in [-0.3, -0.25) is 0 Å². The van der Waals surface area contributed by atoms with E-state index in [4.69, 9.17) is 10.8 Å². The van der Waals surface area contributed by atoms with Crippen LogP contribution >= 0.6 is 0 Å². The number of carbonyl (C=O) groups excluding carboxylic acids is 1. The third kappa shape index (κ3) is 3.26. The Bertz CT molecular complexity index is 117. The molecule has 2 unspecified atom stereocenters. The second-order valence-corrected chi connectivity index (χ2v) is 1.95. The molecule has 0 heterocycles. The summed E-state index contributed by atoms with van der Waals surface area (Å²) in [5.74, 6) is 0. The molecule has 0 saturated carbocycles. The maximum atomic E-state index is 10.1. The molecular formula is C5H12N2O3. The zero-order chi connectivity index (χ0) is 8.15. The van der Waals surface area contributed by atoms with Crippen LogP contribution in [0.1, 0.15) is 6.92 Å². The molecule has 5 N–H and O–H groups in total. The fourth-order valence-corrected chi connectivity index (χ4v) is 0.453. The van der Waals surface area contributed by atoms with E-state index >= 15 is 0 Å². The molecule has 2 atom stereocenters. The monoisotopic (exact) mass is 148 g/mol. The molecule has 0 aliphatic carbocycles. The summed E-state index contributed by atoms with van der Waals surface area (Å²) >= 11 is 0. The number of rotatable bonds is 3. The van der Waals surface area contributed by atoms with Crippen molar-refractivity contribution in [3.8, 4) is 0 Å². The number of carbonyl (C=O) groups is 1. The Morgan fingerprint density at radius 1 is 1.80 bits per heavy atom. The number of primary amides is 1. The lowest BCUT2D eigenvalue weighted by Gasteiger charge is -2.15. The van der Waals surface area contributed by atoms with Gasteiger partial charge in [-0.1, -0.05) is 0 Å². The maximum Gasteiger partial charge on any atom is 0.404 e. The van der Waals surface area contributed by atoms with Gasteiger partial charge >= 0.3 is 6.09 Å². The molecule has 0 aliphatic rings. The highest BCUT2D eigenvalue weighted by molar-refractivity contribution is 5.64. The second kappa shape index (κ2) is 4.08. The summed E-state index contributed by atoms with van der Waals surface area (Å²) in [4.78, 5) is 10.1. The predicted molar refractivity (Wildman–Crippen MR) is 35.2 cm³/mol. The molecule has 0 aromatic heterocycles. The van der Waals surface area contributed by atoms with Crippen molar-refractivity contribution < 1.29 is 14.6 Å². The zero-order valence-electron chi connectivity index (χ0n) is 5.78. The van der Waals surface area contributed by atoms with E-state index in [2.05, 4.69) is 10.5 Å². The number of ether oxygens (including phenoxy) is 1. The Balaban J connectivity index is 3.61. The van der Waals surface area contributed by atoms with Crippen LogP contribution in [0.3, 0.4) is 0 Å². The lowest BCUT2D eigenvalue weighted by atomic mass is 10.2. The molecule has 0 bridgehead atoms. The average molecular weight is 148 g/mol. The zero-order valence-corrected chi connectivity index (χ0v) is 5.78. The third-order valence-electron chi connectivity index (χ3n) is 1.09. The summed E-state index contributed by atoms with van der Waals surface area (Å²) in [6.07, 6.45) is -2.38. The molecule has 0 aromatic rings. The van der Waals surface area contributed by atoms with E-state index in [1.165, 1.54) is 6.92 Å². The van der Waals surface area contributed by atoms with Gasteiger partial charge in [-0.05, 0) is 6.92 Å². The van der Waals surface area contributed by atoms with Gasteiger partial charge in [0.25, 0.3) is 0 Å². The molecule has 0 saturated heterocycles. The van der Waals surface area contributed by atoms with Gasteiger partial charge in [-0.2, -0.15) is 0 Å². The van der Waals surface area contributed by atoms with E-state index in [0.717, 1.165) is 0 Å². The number of hydrogen-bond donors (Lipinski definition) is 3. The highest BCUT2D eigenvalue weighted by Crippen LogP contribution is 1.95. The van der Waals surface area contributed by atoms with Crippen LogP contribution in [0.15, 0.2) is 0 Å². The van der Waals surface area contributed by atoms with E-state index in [1.807, 2.05) is 0 Å². The van der Waals surface area contributed by atoms with Crippen LogP contribution in [0.4, 0.5) is 4.79 Å². The minimum absolute atomic E-state index is 0.0500. The largest absolute Gasteiger partial charge is 0.444 e. The molecule has 0 fully saturated rings. The van der Waals surface area contributed by atoms with E-state index in [1.54, 1.807) is 0 Å². The predicted octanol–water partition coefficient (Wildman–Crippen LogP) is -1.21. The van der Waals surface area contributed by atoms with Gasteiger partial charge in [0.15, 0.2) is 0 Å². The van der Waals surface area contributed by atoms with Crippen molar-refractivity contribution in [1.29, 1.82) is 0 Å². The van der Waals surface area contributed by atoms with Crippen molar-refractivity contribution in [2.75, 3.05) is 6.54 Å². The smallest absolute Gasteiger partial charge is 0.404 e. The molecule has 5 nitrogen and oxygen atoms in total. The molecule has 1 amide bonds. The first kappa shape index (κ1) is 9.19. The molecule has 10 heavy (non-hydrogen) atoms. The van der Waals surface area contributed by atoms with E-state index < -0.39 is 18.3 Å². The lowest BCUT2D eigenvalue weighted by Crippen LogP contribution is -2.35. The van der Waals surface area contributed by atoms with Crippen LogP contribution < -0.4 is 11.5 Å². The van der Waals surface area contributed by atoms with Crippen molar-refractivity contribution in [3.05, 3.63) is 0 Å². The third-order valence-corrected chi connectivity index (χ3v) is 1.09. The first-order valence-electron chi connectivity index (χ1n) is 2.92. The van der Waals surface area contributed by atoms with Gasteiger partial charge in [-0.25, -0.2) is 4.79 Å². The SMILES string of the molecule is CC(OC(N)=O)C(O)CN. The van der Waals surface area contributed by atoms with Crippen LogP contribution in [0.25, 0.3) is 0 Å². The van der Waals surface area contributed by atoms with E-state index in [9.17, 15) is 4.79 Å². The highest BCUT2D eigenvalue weighted by Gasteiger charge is 2.14. The summed E-state index contributed by atoms with van der Waals surface area (Å²) in [5, 5.41) is 8.92. The van der Waals surface area contributed by atoms with E-state index in [-0.39, 0.29) is 6.54 Å². The molecule has 60 valence electrons. The number of aliphatic hydroxyl groups excluding tert-OH is 1. The molecule has 0 spiro atoms. The first-order chi connectivity index (χ1) is 4.57. The number of nitrogens with two attached hydrogens (primary N) is 2. The minimum atomic E-state index is -0.903. The Morgan fingerprint density at radius 2 is 2.30 bits per heavy atom. The highest BCUT2D eigenvalue weighted by atomic mass is 16.6. The topological polar surface area (TPSA) is 98.6 Å². The van der Waals surface area contributed by atoms with Gasteiger partial charge in [0, 0.05) is 6.54 Å². The van der Waals surface area contributed by atoms with Crippen molar-refractivity contribution in [3.63, 3.8) is 0 Å². The molecular weight excluding hydrogens is 136 g/mol. The average Bonchev–Trinajstić information content (AvgIpc) is 1.85. The summed E-state index contributed by atoms with van der Waals surface area (Å²) in [6.45, 7) is 1.57. The fraction of sp³-hybridized carbons (Fsp3) is 0.800. The first-order valence-corrected chi connectivity index (χ1v) is 2.92. The molecule has 0 rings (SSSR count). The van der Waals surface area contributed by atoms with Crippen LogP contribution in [0, 0.1) is 0 Å². The van der Waals surface area contributed by atoms with Crippen LogP contribution in [-0.4, -0.2) is 30.0 Å². The van der Waals surface area contributed by atoms with Gasteiger partial charge in [0.05, 0.1) is 0 Å². The lowest BCUT2D eigenvalue weighted by molar-refractivity contribution is 0.0217. The molecule has 0 radical (unpaired) electrons. The van der Waals surface area contributed by atoms with Gasteiger partial charge in [0.2, 0.25) is 0 Å². The van der Waals surface area contributed by atoms with Crippen molar-refractivity contribution >= 4 is 6.09 Å². The Labute approximate surface area is 58.9 Å². The minimum Gasteiger partial charge on any atom is -0.444 e. The van der Waals surface area contributed by atoms with Crippen molar-refractivity contribution in [2.24, 2.45) is 11.5 Å². The Morgan fingerprint density at radius 3 is 2.60 bits per heavy atom. The summed E-state index contributed by atoms with van der Waals surface area (Å²) < 4.78 is 4.41.